The third-order valence-electron chi connectivity index (χ3n) is 3.64. The number of nitrogens with one attached hydrogen (secondary N) is 1. The molecule has 0 saturated heterocycles. The molecule has 0 radical (unpaired) electrons. The number of carbonyl (C=O) groups is 3. The van der Waals surface area contributed by atoms with Gasteiger partial charge in [0.05, 0.1) is 19.2 Å². The average molecular weight is 392 g/mol. The number of benzene rings is 2. The quantitative estimate of drug-likeness (QED) is 0.731. The van der Waals surface area contributed by atoms with Gasteiger partial charge in [0.15, 0.2) is 6.61 Å². The van der Waals surface area contributed by atoms with E-state index in [1.165, 1.54) is 14.2 Å². The number of anilines is 1. The Balaban J connectivity index is 1.84. The lowest BCUT2D eigenvalue weighted by Crippen LogP contribution is -2.37. The fourth-order valence-corrected chi connectivity index (χ4v) is 2.18. The van der Waals surface area contributed by atoms with E-state index in [-0.39, 0.29) is 6.54 Å². The van der Waals surface area contributed by atoms with Gasteiger partial charge in [-0.15, -0.1) is 0 Å². The monoisotopic (exact) mass is 392 g/mol. The van der Waals surface area contributed by atoms with E-state index in [2.05, 4.69) is 5.32 Å². The first-order valence-electron chi connectivity index (χ1n) is 8.10. The molecule has 2 aromatic carbocycles. The Bertz CT molecular complexity index is 888. The maximum atomic E-state index is 13.5. The van der Waals surface area contributed by atoms with Crippen molar-refractivity contribution in [2.24, 2.45) is 0 Å². The lowest BCUT2D eigenvalue weighted by Gasteiger charge is -2.17. The van der Waals surface area contributed by atoms with Crippen LogP contribution in [0.3, 0.4) is 0 Å². The molecule has 2 rings (SSSR count). The van der Waals surface area contributed by atoms with Gasteiger partial charge in [0, 0.05) is 24.9 Å². The lowest BCUT2D eigenvalue weighted by molar-refractivity contribution is -0.136. The number of ether oxygens (including phenoxy) is 2. The van der Waals surface area contributed by atoms with Gasteiger partial charge in [-0.3, -0.25) is 9.59 Å². The highest BCUT2D eigenvalue weighted by Crippen LogP contribution is 2.16. The van der Waals surface area contributed by atoms with Crippen LogP contribution in [0.15, 0.2) is 42.5 Å². The van der Waals surface area contributed by atoms with Crippen molar-refractivity contribution in [3.8, 4) is 5.75 Å². The van der Waals surface area contributed by atoms with Gasteiger partial charge in [-0.2, -0.15) is 0 Å². The molecule has 7 nitrogen and oxygen atoms in total. The van der Waals surface area contributed by atoms with Gasteiger partial charge in [-0.25, -0.2) is 13.6 Å². The zero-order valence-electron chi connectivity index (χ0n) is 15.2. The Kier molecular flexibility index (Phi) is 7.02. The molecule has 0 unspecified atom stereocenters. The Morgan fingerprint density at radius 2 is 1.86 bits per heavy atom. The summed E-state index contributed by atoms with van der Waals surface area (Å²) in [5, 5.41) is 2.60. The van der Waals surface area contributed by atoms with Crippen molar-refractivity contribution in [2.75, 3.05) is 32.6 Å². The molecule has 0 fully saturated rings. The summed E-state index contributed by atoms with van der Waals surface area (Å²) >= 11 is 0. The Labute approximate surface area is 159 Å². The second kappa shape index (κ2) is 9.45. The number of rotatable bonds is 7. The van der Waals surface area contributed by atoms with Crippen LogP contribution in [0.5, 0.6) is 5.75 Å². The van der Waals surface area contributed by atoms with Gasteiger partial charge in [0.25, 0.3) is 5.91 Å². The van der Waals surface area contributed by atoms with Gasteiger partial charge in [-0.05, 0) is 24.3 Å². The van der Waals surface area contributed by atoms with Crippen molar-refractivity contribution in [3.63, 3.8) is 0 Å². The molecule has 2 aromatic rings. The minimum Gasteiger partial charge on any atom is -0.497 e. The highest BCUT2D eigenvalue weighted by Gasteiger charge is 2.18. The number of hydrogen-bond acceptors (Lipinski definition) is 5. The number of hydrogen-bond donors (Lipinski definition) is 1. The van der Waals surface area contributed by atoms with E-state index in [0.717, 1.165) is 17.0 Å². The molecule has 9 heteroatoms. The van der Waals surface area contributed by atoms with Crippen LogP contribution in [-0.2, 0) is 14.3 Å². The Morgan fingerprint density at radius 1 is 1.11 bits per heavy atom. The first-order valence-corrected chi connectivity index (χ1v) is 8.10. The molecule has 0 aliphatic rings. The van der Waals surface area contributed by atoms with Crippen LogP contribution in [0.1, 0.15) is 10.4 Å². The number of halogens is 2. The number of nitrogens with zero attached hydrogens (tertiary/aromatic N) is 1. The fraction of sp³-hybridized carbons (Fsp3) is 0.211. The van der Waals surface area contributed by atoms with E-state index in [9.17, 15) is 23.2 Å². The first kappa shape index (κ1) is 20.8. The van der Waals surface area contributed by atoms with Crippen LogP contribution < -0.4 is 10.1 Å². The third-order valence-corrected chi connectivity index (χ3v) is 3.64. The molecule has 0 bridgehead atoms. The molecule has 0 aliphatic heterocycles. The Morgan fingerprint density at radius 3 is 2.54 bits per heavy atom. The molecule has 0 atom stereocenters. The maximum absolute atomic E-state index is 13.5. The van der Waals surface area contributed by atoms with Crippen LogP contribution in [0.2, 0.25) is 0 Å². The zero-order chi connectivity index (χ0) is 20.7. The molecule has 0 heterocycles. The molecule has 0 aliphatic carbocycles. The van der Waals surface area contributed by atoms with E-state index in [4.69, 9.17) is 9.47 Å². The molecule has 148 valence electrons. The smallest absolute Gasteiger partial charge is 0.341 e. The predicted octanol–water partition coefficient (Wildman–Crippen LogP) is 2.23. The minimum atomic E-state index is -1.11. The number of carbonyl (C=O) groups excluding carboxylic acids is 3. The summed E-state index contributed by atoms with van der Waals surface area (Å²) in [5.41, 5.74) is -0.00367. The van der Waals surface area contributed by atoms with Crippen molar-refractivity contribution in [1.82, 2.24) is 4.90 Å². The maximum Gasteiger partial charge on any atom is 0.341 e. The van der Waals surface area contributed by atoms with Crippen molar-refractivity contribution < 1.29 is 32.6 Å². The van der Waals surface area contributed by atoms with Gasteiger partial charge in [-0.1, -0.05) is 6.07 Å². The van der Waals surface area contributed by atoms with Gasteiger partial charge in [0.1, 0.15) is 17.4 Å². The predicted molar refractivity (Wildman–Crippen MR) is 95.9 cm³/mol. The number of methoxy groups -OCH3 is 1. The normalized spacial score (nSPS) is 10.1. The van der Waals surface area contributed by atoms with Gasteiger partial charge in [0.2, 0.25) is 5.91 Å². The molecule has 0 spiro atoms. The minimum absolute atomic E-state index is 0.293. The summed E-state index contributed by atoms with van der Waals surface area (Å²) in [4.78, 5) is 36.9. The summed E-state index contributed by atoms with van der Waals surface area (Å²) in [5.74, 6) is -3.63. The third kappa shape index (κ3) is 5.76. The SMILES string of the molecule is COc1cccc(NC(=O)CN(C)C(=O)COC(=O)c2ccc(F)cc2F)c1. The zero-order valence-corrected chi connectivity index (χ0v) is 15.2. The van der Waals surface area contributed by atoms with E-state index in [1.54, 1.807) is 24.3 Å². The van der Waals surface area contributed by atoms with Crippen molar-refractivity contribution in [2.45, 2.75) is 0 Å². The summed E-state index contributed by atoms with van der Waals surface area (Å²) in [6.07, 6.45) is 0. The molecule has 0 saturated carbocycles. The van der Waals surface area contributed by atoms with Gasteiger partial charge >= 0.3 is 5.97 Å². The molecular weight excluding hydrogens is 374 g/mol. The average Bonchev–Trinajstić information content (AvgIpc) is 2.65. The highest BCUT2D eigenvalue weighted by atomic mass is 19.1. The standard InChI is InChI=1S/C19H18F2N2O5/c1-23(10-17(24)22-13-4-3-5-14(9-13)27-2)18(25)11-28-19(26)15-7-6-12(20)8-16(15)21/h3-9H,10-11H2,1-2H3,(H,22,24). The van der Waals surface area contributed by atoms with Crippen molar-refractivity contribution >= 4 is 23.5 Å². The van der Waals surface area contributed by atoms with Crippen LogP contribution in [0.4, 0.5) is 14.5 Å². The van der Waals surface area contributed by atoms with E-state index in [1.807, 2.05) is 0 Å². The van der Waals surface area contributed by atoms with Crippen LogP contribution in [0.25, 0.3) is 0 Å². The topological polar surface area (TPSA) is 84.9 Å². The summed E-state index contributed by atoms with van der Waals surface area (Å²) in [6.45, 7) is -0.989. The lowest BCUT2D eigenvalue weighted by atomic mass is 10.2. The van der Waals surface area contributed by atoms with E-state index < -0.39 is 41.6 Å². The number of amides is 2. The molecule has 1 N–H and O–H groups in total. The van der Waals surface area contributed by atoms with Crippen molar-refractivity contribution in [1.29, 1.82) is 0 Å². The highest BCUT2D eigenvalue weighted by molar-refractivity contribution is 5.95. The van der Waals surface area contributed by atoms with E-state index in [0.29, 0.717) is 17.5 Å². The second-order valence-electron chi connectivity index (χ2n) is 5.73. The molecular formula is C19H18F2N2O5. The van der Waals surface area contributed by atoms with Crippen LogP contribution >= 0.6 is 0 Å². The van der Waals surface area contributed by atoms with Gasteiger partial charge < -0.3 is 19.7 Å². The summed E-state index contributed by atoms with van der Waals surface area (Å²) in [6, 6.07) is 9.02. The fourth-order valence-electron chi connectivity index (χ4n) is 2.18. The van der Waals surface area contributed by atoms with E-state index >= 15 is 0 Å². The molecule has 0 aromatic heterocycles. The summed E-state index contributed by atoms with van der Waals surface area (Å²) < 4.78 is 36.1. The van der Waals surface area contributed by atoms with Crippen LogP contribution in [-0.4, -0.2) is 50.0 Å². The molecule has 28 heavy (non-hydrogen) atoms. The largest absolute Gasteiger partial charge is 0.497 e. The van der Waals surface area contributed by atoms with Crippen molar-refractivity contribution in [3.05, 3.63) is 59.7 Å². The number of esters is 1. The second-order valence-corrected chi connectivity index (χ2v) is 5.73. The Hall–Kier alpha value is -3.49. The first-order chi connectivity index (χ1) is 13.3. The number of likely N-dealkylation sites (N-methyl/N-ethyl adjacent to an activating group) is 1. The molecule has 2 amide bonds. The van der Waals surface area contributed by atoms with Crippen LogP contribution in [0, 0.1) is 11.6 Å². The summed E-state index contributed by atoms with van der Waals surface area (Å²) in [7, 11) is 2.84.